The Hall–Kier alpha value is -1.65. The molecule has 0 aliphatic carbocycles. The molecule has 0 heterocycles. The van der Waals surface area contributed by atoms with Gasteiger partial charge in [-0.25, -0.2) is 0 Å². The number of esters is 2. The summed E-state index contributed by atoms with van der Waals surface area (Å²) in [4.78, 5) is 33.8. The maximum absolute atomic E-state index is 11.9. The Labute approximate surface area is 111 Å². The summed E-state index contributed by atoms with van der Waals surface area (Å²) in [6.07, 6.45) is 0. The van der Waals surface area contributed by atoms with Crippen molar-refractivity contribution in [2.75, 3.05) is 7.11 Å². The first-order valence-electron chi connectivity index (χ1n) is 5.06. The van der Waals surface area contributed by atoms with Gasteiger partial charge in [-0.2, -0.15) is 0 Å². The molecule has 0 N–H and O–H groups in total. The minimum absolute atomic E-state index is 0.0662. The van der Waals surface area contributed by atoms with Crippen molar-refractivity contribution >= 4 is 31.6 Å². The van der Waals surface area contributed by atoms with Gasteiger partial charge in [-0.3, -0.25) is 0 Å². The molecule has 0 unspecified atom stereocenters. The summed E-state index contributed by atoms with van der Waals surface area (Å²) in [5.74, 6) is -0.689. The Kier molecular flexibility index (Phi) is 5.55. The van der Waals surface area contributed by atoms with Crippen LogP contribution in [0, 0.1) is 0 Å². The zero-order valence-corrected chi connectivity index (χ0v) is 11.7. The summed E-state index contributed by atoms with van der Waals surface area (Å²) in [5, 5.41) is 0.0662. The van der Waals surface area contributed by atoms with E-state index in [-0.39, 0.29) is 15.8 Å². The number of benzene rings is 1. The Morgan fingerprint density at radius 1 is 1.22 bits per heavy atom. The molecule has 0 saturated heterocycles. The van der Waals surface area contributed by atoms with Crippen LogP contribution >= 0.6 is 0 Å². The van der Waals surface area contributed by atoms with Gasteiger partial charge < -0.3 is 0 Å². The van der Waals surface area contributed by atoms with Crippen molar-refractivity contribution in [1.82, 2.24) is 0 Å². The Balaban J connectivity index is 2.78. The Morgan fingerprint density at radius 2 is 1.89 bits per heavy atom. The number of carbonyl (C=O) groups excluding carboxylic acids is 3. The number of para-hydroxylation sites is 1. The number of ether oxygens (including phenoxy) is 2. The molecule has 0 fully saturated rings. The van der Waals surface area contributed by atoms with E-state index < -0.39 is 26.9 Å². The van der Waals surface area contributed by atoms with Gasteiger partial charge >= 0.3 is 110 Å². The zero-order chi connectivity index (χ0) is 13.5. The fraction of sp³-hybridized carbons (Fsp3) is 0.250. The first-order valence-corrected chi connectivity index (χ1v) is 7.12. The van der Waals surface area contributed by atoms with Gasteiger partial charge in [0.25, 0.3) is 0 Å². The van der Waals surface area contributed by atoms with Crippen molar-refractivity contribution in [3.63, 3.8) is 0 Å². The van der Waals surface area contributed by atoms with Crippen LogP contribution < -0.4 is 4.74 Å². The van der Waals surface area contributed by atoms with Crippen LogP contribution in [0.25, 0.3) is 0 Å². The third-order valence-electron chi connectivity index (χ3n) is 1.91. The van der Waals surface area contributed by atoms with Gasteiger partial charge in [-0.05, 0) is 0 Å². The topological polar surface area (TPSA) is 69.7 Å². The summed E-state index contributed by atoms with van der Waals surface area (Å²) in [6.45, 7) is 1.26. The number of hydrogen-bond donors (Lipinski definition) is 0. The molecule has 0 amide bonds. The molecule has 5 nitrogen and oxygen atoms in total. The van der Waals surface area contributed by atoms with Crippen molar-refractivity contribution < 1.29 is 23.9 Å². The predicted molar refractivity (Wildman–Crippen MR) is 64.7 cm³/mol. The number of carbonyl (C=O) groups is 3. The molecule has 1 aromatic rings. The first kappa shape index (κ1) is 14.4. The summed E-state index contributed by atoms with van der Waals surface area (Å²) >= 11 is -0.566. The second kappa shape index (κ2) is 6.93. The van der Waals surface area contributed by atoms with Crippen molar-refractivity contribution in [2.45, 2.75) is 12.2 Å². The van der Waals surface area contributed by atoms with E-state index in [1.54, 1.807) is 24.3 Å². The monoisotopic (exact) mass is 316 g/mol. The van der Waals surface area contributed by atoms with E-state index in [0.717, 1.165) is 0 Å². The molecule has 0 aliphatic heterocycles. The first-order chi connectivity index (χ1) is 8.54. The molecule has 18 heavy (non-hydrogen) atoms. The molecular weight excluding hydrogens is 303 g/mol. The fourth-order valence-electron chi connectivity index (χ4n) is 1.14. The third kappa shape index (κ3) is 4.31. The third-order valence-corrected chi connectivity index (χ3v) is 3.72. The molecule has 0 aliphatic rings. The molecule has 1 rings (SSSR count). The fourth-order valence-corrected chi connectivity index (χ4v) is 2.59. The van der Waals surface area contributed by atoms with E-state index in [1.165, 1.54) is 14.0 Å². The SMILES string of the molecule is COC(=O)C[Se]C(=O)c1ccccc1OC(C)=O. The van der Waals surface area contributed by atoms with Gasteiger partial charge in [-0.15, -0.1) is 0 Å². The molecule has 0 bridgehead atoms. The van der Waals surface area contributed by atoms with E-state index >= 15 is 0 Å². The van der Waals surface area contributed by atoms with E-state index in [4.69, 9.17) is 4.74 Å². The van der Waals surface area contributed by atoms with Crippen LogP contribution in [0.3, 0.4) is 0 Å². The Bertz CT molecular complexity index is 469. The molecule has 1 aromatic carbocycles. The summed E-state index contributed by atoms with van der Waals surface area (Å²) in [6, 6.07) is 6.46. The minimum atomic E-state index is -0.566. The van der Waals surface area contributed by atoms with Crippen LogP contribution in [-0.2, 0) is 14.3 Å². The predicted octanol–water partition coefficient (Wildman–Crippen LogP) is 1.05. The van der Waals surface area contributed by atoms with Crippen molar-refractivity contribution in [2.24, 2.45) is 0 Å². The van der Waals surface area contributed by atoms with E-state index in [1.807, 2.05) is 0 Å². The number of methoxy groups -OCH3 is 1. The van der Waals surface area contributed by atoms with Gasteiger partial charge in [0.1, 0.15) is 0 Å². The van der Waals surface area contributed by atoms with Crippen LogP contribution in [0.5, 0.6) is 5.75 Å². The number of rotatable bonds is 5. The quantitative estimate of drug-likeness (QED) is 0.461. The Morgan fingerprint density at radius 3 is 2.50 bits per heavy atom. The summed E-state index contributed by atoms with van der Waals surface area (Å²) in [5.41, 5.74) is 0.316. The second-order valence-electron chi connectivity index (χ2n) is 3.24. The van der Waals surface area contributed by atoms with Crippen molar-refractivity contribution in [3.8, 4) is 5.75 Å². The molecule has 0 spiro atoms. The van der Waals surface area contributed by atoms with E-state index in [2.05, 4.69) is 4.74 Å². The maximum atomic E-state index is 11.9. The van der Waals surface area contributed by atoms with Crippen LogP contribution in [0.4, 0.5) is 0 Å². The van der Waals surface area contributed by atoms with Crippen LogP contribution in [-0.4, -0.2) is 38.7 Å². The van der Waals surface area contributed by atoms with Gasteiger partial charge in [0.15, 0.2) is 0 Å². The van der Waals surface area contributed by atoms with Crippen molar-refractivity contribution in [1.29, 1.82) is 0 Å². The average Bonchev–Trinajstić information content (AvgIpc) is 2.35. The molecule has 0 atom stereocenters. The van der Waals surface area contributed by atoms with Gasteiger partial charge in [0, 0.05) is 0 Å². The molecular formula is C12H12O5Se. The molecule has 0 radical (unpaired) electrons. The number of hydrogen-bond acceptors (Lipinski definition) is 5. The summed E-state index contributed by atoms with van der Waals surface area (Å²) < 4.78 is 9.20. The summed E-state index contributed by atoms with van der Waals surface area (Å²) in [7, 11) is 1.27. The van der Waals surface area contributed by atoms with Gasteiger partial charge in [-0.1, -0.05) is 0 Å². The molecule has 96 valence electrons. The van der Waals surface area contributed by atoms with Gasteiger partial charge in [0.2, 0.25) is 0 Å². The van der Waals surface area contributed by atoms with Crippen LogP contribution in [0.2, 0.25) is 5.32 Å². The standard InChI is InChI=1S/C12H12O5Se/c1-8(13)17-10-6-4-3-5-9(10)12(15)18-7-11(14)16-2/h3-6H,7H2,1-2H3. The zero-order valence-electron chi connectivity index (χ0n) is 9.97. The molecule has 0 aromatic heterocycles. The second-order valence-corrected chi connectivity index (χ2v) is 5.23. The van der Waals surface area contributed by atoms with Crippen LogP contribution in [0.1, 0.15) is 17.3 Å². The molecule has 0 saturated carbocycles. The van der Waals surface area contributed by atoms with E-state index in [0.29, 0.717) is 5.56 Å². The van der Waals surface area contributed by atoms with E-state index in [9.17, 15) is 14.4 Å². The average molecular weight is 315 g/mol. The van der Waals surface area contributed by atoms with Crippen LogP contribution in [0.15, 0.2) is 24.3 Å². The van der Waals surface area contributed by atoms with Gasteiger partial charge in [0.05, 0.1) is 0 Å². The normalized spacial score (nSPS) is 9.67. The van der Waals surface area contributed by atoms with Crippen molar-refractivity contribution in [3.05, 3.63) is 29.8 Å². The molecule has 6 heteroatoms.